The standard InChI is InChI=1S/C23H14FN5S/c24-21-7-6-20(30-21)14-8-10-26-23-15(14)12-19(27-23)22-16-11-13(4-5-18(16)28-29-22)17-3-1-2-9-25-17/h1-12H,(H,26,27)(H,28,29). The van der Waals surface area contributed by atoms with Gasteiger partial charge in [0.2, 0.25) is 0 Å². The molecule has 0 unspecified atom stereocenters. The first-order valence-corrected chi connectivity index (χ1v) is 10.2. The lowest BCUT2D eigenvalue weighted by molar-refractivity contribution is 0.657. The van der Waals surface area contributed by atoms with E-state index in [-0.39, 0.29) is 5.13 Å². The fourth-order valence-electron chi connectivity index (χ4n) is 3.74. The molecule has 5 nitrogen and oxygen atoms in total. The van der Waals surface area contributed by atoms with Crippen LogP contribution in [0.5, 0.6) is 0 Å². The maximum atomic E-state index is 13.6. The molecule has 0 aliphatic heterocycles. The summed E-state index contributed by atoms with van der Waals surface area (Å²) in [4.78, 5) is 13.1. The normalized spacial score (nSPS) is 11.5. The highest BCUT2D eigenvalue weighted by Crippen LogP contribution is 2.36. The van der Waals surface area contributed by atoms with Crippen molar-refractivity contribution in [3.05, 3.63) is 78.2 Å². The predicted molar refractivity (Wildman–Crippen MR) is 118 cm³/mol. The van der Waals surface area contributed by atoms with E-state index in [0.29, 0.717) is 0 Å². The molecule has 6 rings (SSSR count). The number of rotatable bonds is 3. The van der Waals surface area contributed by atoms with Gasteiger partial charge in [-0.2, -0.15) is 9.49 Å². The fraction of sp³-hybridized carbons (Fsp3) is 0. The Morgan fingerprint density at radius 1 is 0.867 bits per heavy atom. The quantitative estimate of drug-likeness (QED) is 0.373. The second kappa shape index (κ2) is 6.60. The van der Waals surface area contributed by atoms with Crippen LogP contribution >= 0.6 is 11.3 Å². The number of H-pyrrole nitrogens is 2. The number of benzene rings is 1. The average Bonchev–Trinajstić information content (AvgIpc) is 3.51. The maximum absolute atomic E-state index is 13.6. The van der Waals surface area contributed by atoms with Gasteiger partial charge in [0.25, 0.3) is 0 Å². The molecule has 0 fully saturated rings. The minimum Gasteiger partial charge on any atom is -0.338 e. The summed E-state index contributed by atoms with van der Waals surface area (Å²) in [6.07, 6.45) is 3.52. The number of fused-ring (bicyclic) bond motifs is 2. The number of aromatic amines is 2. The molecule has 5 aromatic heterocycles. The molecule has 0 aliphatic rings. The first-order valence-electron chi connectivity index (χ1n) is 9.39. The van der Waals surface area contributed by atoms with Crippen LogP contribution < -0.4 is 0 Å². The lowest BCUT2D eigenvalue weighted by Crippen LogP contribution is -1.83. The van der Waals surface area contributed by atoms with Crippen molar-refractivity contribution < 1.29 is 4.39 Å². The van der Waals surface area contributed by atoms with Gasteiger partial charge in [-0.15, -0.1) is 11.3 Å². The summed E-state index contributed by atoms with van der Waals surface area (Å²) < 4.78 is 13.6. The topological polar surface area (TPSA) is 70.2 Å². The summed E-state index contributed by atoms with van der Waals surface area (Å²) in [5, 5.41) is 9.37. The van der Waals surface area contributed by atoms with Crippen molar-refractivity contribution in [3.8, 4) is 33.1 Å². The number of halogens is 1. The minimum atomic E-state index is -0.203. The Morgan fingerprint density at radius 3 is 2.67 bits per heavy atom. The molecule has 0 amide bonds. The van der Waals surface area contributed by atoms with Gasteiger partial charge >= 0.3 is 0 Å². The van der Waals surface area contributed by atoms with Crippen molar-refractivity contribution in [2.24, 2.45) is 0 Å². The summed E-state index contributed by atoms with van der Waals surface area (Å²) in [7, 11) is 0. The summed E-state index contributed by atoms with van der Waals surface area (Å²) in [5.41, 5.74) is 6.23. The number of hydrogen-bond donors (Lipinski definition) is 2. The predicted octanol–water partition coefficient (Wildman–Crippen LogP) is 6.04. The molecule has 0 saturated carbocycles. The van der Waals surface area contributed by atoms with Gasteiger partial charge < -0.3 is 4.98 Å². The van der Waals surface area contributed by atoms with Crippen molar-refractivity contribution in [2.45, 2.75) is 0 Å². The Morgan fingerprint density at radius 2 is 1.83 bits per heavy atom. The molecule has 0 aliphatic carbocycles. The summed E-state index contributed by atoms with van der Waals surface area (Å²) in [6, 6.07) is 19.2. The number of aromatic nitrogens is 5. The number of thiophene rings is 1. The van der Waals surface area contributed by atoms with Gasteiger partial charge in [-0.25, -0.2) is 4.98 Å². The van der Waals surface area contributed by atoms with Crippen LogP contribution in [-0.2, 0) is 0 Å². The van der Waals surface area contributed by atoms with Crippen molar-refractivity contribution in [1.82, 2.24) is 25.1 Å². The molecule has 144 valence electrons. The zero-order valence-electron chi connectivity index (χ0n) is 15.6. The van der Waals surface area contributed by atoms with E-state index < -0.39 is 0 Å². The highest BCUT2D eigenvalue weighted by molar-refractivity contribution is 7.14. The van der Waals surface area contributed by atoms with Crippen LogP contribution in [0.1, 0.15) is 0 Å². The molecule has 30 heavy (non-hydrogen) atoms. The van der Waals surface area contributed by atoms with E-state index in [1.807, 2.05) is 42.5 Å². The zero-order chi connectivity index (χ0) is 20.1. The average molecular weight is 411 g/mol. The third-order valence-corrected chi connectivity index (χ3v) is 6.06. The van der Waals surface area contributed by atoms with Crippen molar-refractivity contribution >= 4 is 33.3 Å². The van der Waals surface area contributed by atoms with Crippen LogP contribution in [0.3, 0.4) is 0 Å². The first-order chi connectivity index (χ1) is 14.8. The van der Waals surface area contributed by atoms with E-state index in [4.69, 9.17) is 0 Å². The summed E-state index contributed by atoms with van der Waals surface area (Å²) in [6.45, 7) is 0. The number of nitrogens with one attached hydrogen (secondary N) is 2. The van der Waals surface area contributed by atoms with Crippen LogP contribution in [0.2, 0.25) is 0 Å². The second-order valence-corrected chi connectivity index (χ2v) is 7.99. The Labute approximate surface area is 174 Å². The van der Waals surface area contributed by atoms with Gasteiger partial charge in [-0.1, -0.05) is 12.1 Å². The van der Waals surface area contributed by atoms with E-state index in [2.05, 4.69) is 31.2 Å². The number of pyridine rings is 2. The lowest BCUT2D eigenvalue weighted by atomic mass is 10.1. The SMILES string of the molecule is Fc1ccc(-c2ccnc3[nH]c(-c4n[nH]c5ccc(-c6ccccn6)cc45)cc23)s1. The molecular formula is C23H14FN5S. The van der Waals surface area contributed by atoms with Gasteiger partial charge in [0.15, 0.2) is 5.13 Å². The van der Waals surface area contributed by atoms with E-state index in [1.54, 1.807) is 18.5 Å². The van der Waals surface area contributed by atoms with Gasteiger partial charge in [-0.3, -0.25) is 10.1 Å². The van der Waals surface area contributed by atoms with E-state index in [0.717, 1.165) is 66.4 Å². The molecule has 0 spiro atoms. The smallest absolute Gasteiger partial charge is 0.176 e. The highest BCUT2D eigenvalue weighted by atomic mass is 32.1. The Hall–Kier alpha value is -3.84. The third kappa shape index (κ3) is 2.71. The molecule has 0 atom stereocenters. The number of hydrogen-bond acceptors (Lipinski definition) is 4. The first kappa shape index (κ1) is 17.1. The van der Waals surface area contributed by atoms with Gasteiger partial charge in [0.1, 0.15) is 11.3 Å². The van der Waals surface area contributed by atoms with Crippen molar-refractivity contribution in [2.75, 3.05) is 0 Å². The molecule has 2 N–H and O–H groups in total. The van der Waals surface area contributed by atoms with Crippen LogP contribution in [0.4, 0.5) is 4.39 Å². The van der Waals surface area contributed by atoms with E-state index in [9.17, 15) is 4.39 Å². The van der Waals surface area contributed by atoms with Gasteiger partial charge in [-0.05, 0) is 48.5 Å². The lowest BCUT2D eigenvalue weighted by Gasteiger charge is -2.01. The fourth-order valence-corrected chi connectivity index (χ4v) is 4.51. The molecule has 5 heterocycles. The highest BCUT2D eigenvalue weighted by Gasteiger charge is 2.15. The van der Waals surface area contributed by atoms with Crippen LogP contribution in [0.15, 0.2) is 73.1 Å². The number of nitrogens with zero attached hydrogens (tertiary/aromatic N) is 3. The van der Waals surface area contributed by atoms with Crippen molar-refractivity contribution in [3.63, 3.8) is 0 Å². The maximum Gasteiger partial charge on any atom is 0.176 e. The Bertz CT molecular complexity index is 1510. The van der Waals surface area contributed by atoms with Crippen LogP contribution in [0, 0.1) is 5.13 Å². The Kier molecular flexibility index (Phi) is 3.75. The summed E-state index contributed by atoms with van der Waals surface area (Å²) >= 11 is 1.13. The minimum absolute atomic E-state index is 0.203. The Balaban J connectivity index is 1.52. The van der Waals surface area contributed by atoms with Crippen LogP contribution in [-0.4, -0.2) is 25.1 Å². The third-order valence-electron chi connectivity index (χ3n) is 5.15. The molecule has 0 radical (unpaired) electrons. The molecule has 6 aromatic rings. The van der Waals surface area contributed by atoms with Gasteiger partial charge in [0.05, 0.1) is 16.9 Å². The van der Waals surface area contributed by atoms with Crippen LogP contribution in [0.25, 0.3) is 55.0 Å². The van der Waals surface area contributed by atoms with E-state index in [1.165, 1.54) is 6.07 Å². The molecule has 0 saturated heterocycles. The molecule has 1 aromatic carbocycles. The molecule has 0 bridgehead atoms. The molecular weight excluding hydrogens is 397 g/mol. The van der Waals surface area contributed by atoms with Gasteiger partial charge in [0, 0.05) is 39.2 Å². The monoisotopic (exact) mass is 411 g/mol. The zero-order valence-corrected chi connectivity index (χ0v) is 16.4. The molecule has 7 heteroatoms. The summed E-state index contributed by atoms with van der Waals surface area (Å²) in [5.74, 6) is 0. The second-order valence-electron chi connectivity index (χ2n) is 6.96. The van der Waals surface area contributed by atoms with E-state index >= 15 is 0 Å². The largest absolute Gasteiger partial charge is 0.338 e. The van der Waals surface area contributed by atoms with Crippen molar-refractivity contribution in [1.29, 1.82) is 0 Å².